The van der Waals surface area contributed by atoms with E-state index < -0.39 is 5.82 Å². The van der Waals surface area contributed by atoms with Crippen LogP contribution in [0.5, 0.6) is 0 Å². The van der Waals surface area contributed by atoms with Crippen molar-refractivity contribution in [3.05, 3.63) is 64.8 Å². The first-order valence-corrected chi connectivity index (χ1v) is 6.55. The van der Waals surface area contributed by atoms with Gasteiger partial charge in [-0.25, -0.2) is 4.39 Å². The second kappa shape index (κ2) is 5.56. The van der Waals surface area contributed by atoms with Crippen molar-refractivity contribution < 1.29 is 4.39 Å². The van der Waals surface area contributed by atoms with Gasteiger partial charge >= 0.3 is 0 Å². The molecule has 1 N–H and O–H groups in total. The van der Waals surface area contributed by atoms with Crippen molar-refractivity contribution in [3.63, 3.8) is 0 Å². The lowest BCUT2D eigenvalue weighted by Gasteiger charge is -2.05. The summed E-state index contributed by atoms with van der Waals surface area (Å²) in [4.78, 5) is 0. The number of nitrogens with one attached hydrogen (secondary N) is 1. The Kier molecular flexibility index (Phi) is 3.62. The van der Waals surface area contributed by atoms with E-state index in [9.17, 15) is 4.39 Å². The molecule has 0 saturated heterocycles. The molecule has 0 aliphatic rings. The van der Waals surface area contributed by atoms with Gasteiger partial charge in [-0.2, -0.15) is 0 Å². The molecule has 2 heterocycles. The minimum Gasteiger partial charge on any atom is -0.306 e. The number of aromatic nitrogens is 3. The van der Waals surface area contributed by atoms with E-state index in [4.69, 9.17) is 11.6 Å². The first kappa shape index (κ1) is 13.0. The number of benzene rings is 1. The highest BCUT2D eigenvalue weighted by Crippen LogP contribution is 2.15. The molecule has 0 amide bonds. The van der Waals surface area contributed by atoms with Crippen LogP contribution in [0.4, 0.5) is 4.39 Å². The van der Waals surface area contributed by atoms with Gasteiger partial charge in [0.05, 0.1) is 11.6 Å². The van der Waals surface area contributed by atoms with Gasteiger partial charge in [-0.05, 0) is 29.8 Å². The molecular weight excluding hydrogens is 279 g/mol. The maximum absolute atomic E-state index is 13.3. The first-order chi connectivity index (χ1) is 9.74. The van der Waals surface area contributed by atoms with Crippen molar-refractivity contribution in [1.82, 2.24) is 19.9 Å². The molecule has 20 heavy (non-hydrogen) atoms. The largest absolute Gasteiger partial charge is 0.306 e. The van der Waals surface area contributed by atoms with Gasteiger partial charge in [-0.3, -0.25) is 4.40 Å². The van der Waals surface area contributed by atoms with Crippen LogP contribution in [0.15, 0.2) is 42.6 Å². The van der Waals surface area contributed by atoms with Crippen LogP contribution >= 0.6 is 11.6 Å². The summed E-state index contributed by atoms with van der Waals surface area (Å²) in [7, 11) is 0. The molecule has 0 atom stereocenters. The number of hydrogen-bond donors (Lipinski definition) is 1. The second-order valence-electron chi connectivity index (χ2n) is 4.40. The molecule has 1 aromatic carbocycles. The molecule has 6 heteroatoms. The fourth-order valence-corrected chi connectivity index (χ4v) is 2.10. The molecule has 0 aliphatic heterocycles. The van der Waals surface area contributed by atoms with E-state index in [0.29, 0.717) is 13.1 Å². The van der Waals surface area contributed by atoms with Crippen molar-refractivity contribution in [2.24, 2.45) is 0 Å². The molecule has 2 aromatic heterocycles. The molecule has 0 spiro atoms. The predicted octanol–water partition coefficient (Wildman–Crippen LogP) is 2.81. The average Bonchev–Trinajstić information content (AvgIpc) is 2.86. The molecule has 0 radical (unpaired) electrons. The molecule has 3 rings (SSSR count). The summed E-state index contributed by atoms with van der Waals surface area (Å²) in [6.45, 7) is 1.09. The summed E-state index contributed by atoms with van der Waals surface area (Å²) in [5.74, 6) is 0.411. The van der Waals surface area contributed by atoms with Crippen molar-refractivity contribution in [2.45, 2.75) is 13.1 Å². The Morgan fingerprint density at radius 3 is 2.90 bits per heavy atom. The zero-order valence-corrected chi connectivity index (χ0v) is 11.3. The van der Waals surface area contributed by atoms with Crippen LogP contribution in [0.1, 0.15) is 11.4 Å². The van der Waals surface area contributed by atoms with Gasteiger partial charge in [0, 0.05) is 12.7 Å². The minimum absolute atomic E-state index is 0.136. The van der Waals surface area contributed by atoms with Crippen LogP contribution in [0, 0.1) is 5.82 Å². The van der Waals surface area contributed by atoms with Crippen molar-refractivity contribution in [2.75, 3.05) is 0 Å². The summed E-state index contributed by atoms with van der Waals surface area (Å²) >= 11 is 5.64. The van der Waals surface area contributed by atoms with Crippen molar-refractivity contribution in [3.8, 4) is 0 Å². The van der Waals surface area contributed by atoms with Crippen LogP contribution in [0.2, 0.25) is 5.02 Å². The molecule has 102 valence electrons. The smallest absolute Gasteiger partial charge is 0.160 e. The standard InChI is InChI=1S/C14H12ClFN4/c15-11-5-4-10(7-12(11)16)8-17-9-14-19-18-13-3-1-2-6-20(13)14/h1-7,17H,8-9H2. The van der Waals surface area contributed by atoms with E-state index in [0.717, 1.165) is 17.0 Å². The molecule has 4 nitrogen and oxygen atoms in total. The van der Waals surface area contributed by atoms with Gasteiger partial charge in [-0.1, -0.05) is 23.7 Å². The number of fused-ring (bicyclic) bond motifs is 1. The Bertz CT molecular complexity index is 741. The number of pyridine rings is 1. The Balaban J connectivity index is 1.66. The highest BCUT2D eigenvalue weighted by atomic mass is 35.5. The van der Waals surface area contributed by atoms with Crippen LogP contribution in [-0.2, 0) is 13.1 Å². The summed E-state index contributed by atoms with van der Waals surface area (Å²) in [6.07, 6.45) is 1.91. The van der Waals surface area contributed by atoms with Gasteiger partial charge in [0.1, 0.15) is 5.82 Å². The molecule has 0 aliphatic carbocycles. The number of rotatable bonds is 4. The normalized spacial score (nSPS) is 11.1. The molecular formula is C14H12ClFN4. The highest BCUT2D eigenvalue weighted by molar-refractivity contribution is 6.30. The lowest BCUT2D eigenvalue weighted by molar-refractivity contribution is 0.617. The van der Waals surface area contributed by atoms with E-state index in [1.54, 1.807) is 12.1 Å². The third kappa shape index (κ3) is 2.64. The third-order valence-corrected chi connectivity index (χ3v) is 3.29. The third-order valence-electron chi connectivity index (χ3n) is 2.98. The molecule has 0 saturated carbocycles. The van der Waals surface area contributed by atoms with Gasteiger partial charge in [-0.15, -0.1) is 10.2 Å². The lowest BCUT2D eigenvalue weighted by atomic mass is 10.2. The van der Waals surface area contributed by atoms with Gasteiger partial charge in [0.25, 0.3) is 0 Å². The lowest BCUT2D eigenvalue weighted by Crippen LogP contribution is -2.15. The highest BCUT2D eigenvalue weighted by Gasteiger charge is 2.04. The van der Waals surface area contributed by atoms with Crippen molar-refractivity contribution >= 4 is 17.2 Å². The number of nitrogens with zero attached hydrogens (tertiary/aromatic N) is 3. The summed E-state index contributed by atoms with van der Waals surface area (Å²) in [5.41, 5.74) is 1.64. The monoisotopic (exact) mass is 290 g/mol. The maximum Gasteiger partial charge on any atom is 0.160 e. The van der Waals surface area contributed by atoms with E-state index in [1.807, 2.05) is 28.8 Å². The predicted molar refractivity (Wildman–Crippen MR) is 74.9 cm³/mol. The second-order valence-corrected chi connectivity index (χ2v) is 4.80. The summed E-state index contributed by atoms with van der Waals surface area (Å²) in [6, 6.07) is 10.5. The molecule has 0 fully saturated rings. The van der Waals surface area contributed by atoms with E-state index in [2.05, 4.69) is 15.5 Å². The zero-order valence-electron chi connectivity index (χ0n) is 10.6. The average molecular weight is 291 g/mol. The quantitative estimate of drug-likeness (QED) is 0.803. The number of hydrogen-bond acceptors (Lipinski definition) is 3. The molecule has 0 unspecified atom stereocenters. The van der Waals surface area contributed by atoms with Crippen LogP contribution < -0.4 is 5.32 Å². The zero-order chi connectivity index (χ0) is 13.9. The van der Waals surface area contributed by atoms with E-state index in [-0.39, 0.29) is 5.02 Å². The van der Waals surface area contributed by atoms with E-state index >= 15 is 0 Å². The number of halogens is 2. The summed E-state index contributed by atoms with van der Waals surface area (Å²) in [5, 5.41) is 11.5. The maximum atomic E-state index is 13.3. The Hall–Kier alpha value is -1.98. The van der Waals surface area contributed by atoms with Gasteiger partial charge < -0.3 is 5.32 Å². The van der Waals surface area contributed by atoms with E-state index in [1.165, 1.54) is 6.07 Å². The van der Waals surface area contributed by atoms with Gasteiger partial charge in [0.15, 0.2) is 11.5 Å². The van der Waals surface area contributed by atoms with Crippen molar-refractivity contribution in [1.29, 1.82) is 0 Å². The topological polar surface area (TPSA) is 42.2 Å². The Morgan fingerprint density at radius 1 is 1.15 bits per heavy atom. The first-order valence-electron chi connectivity index (χ1n) is 6.17. The van der Waals surface area contributed by atoms with Crippen LogP contribution in [-0.4, -0.2) is 14.6 Å². The van der Waals surface area contributed by atoms with Gasteiger partial charge in [0.2, 0.25) is 0 Å². The Labute approximate surface area is 120 Å². The Morgan fingerprint density at radius 2 is 2.05 bits per heavy atom. The summed E-state index contributed by atoms with van der Waals surface area (Å²) < 4.78 is 15.2. The minimum atomic E-state index is -0.404. The van der Waals surface area contributed by atoms with Crippen LogP contribution in [0.3, 0.4) is 0 Å². The SMILES string of the molecule is Fc1cc(CNCc2nnc3ccccn23)ccc1Cl. The molecule has 3 aromatic rings. The fraction of sp³-hybridized carbons (Fsp3) is 0.143. The van der Waals surface area contributed by atoms with Crippen LogP contribution in [0.25, 0.3) is 5.65 Å². The molecule has 0 bridgehead atoms. The fourth-order valence-electron chi connectivity index (χ4n) is 1.98.